The number of hydrogen-bond donors (Lipinski definition) is 2. The molecule has 1 atom stereocenters. The molecule has 0 spiro atoms. The number of thiazole rings is 1. The van der Waals surface area contributed by atoms with Crippen LogP contribution in [0.1, 0.15) is 34.4 Å². The molecular formula is C23H24F3N5OS. The van der Waals surface area contributed by atoms with Gasteiger partial charge in [-0.2, -0.15) is 13.2 Å². The molecule has 0 unspecified atom stereocenters. The topological polar surface area (TPSA) is 109 Å². The number of halogens is 3. The highest BCUT2D eigenvalue weighted by atomic mass is 32.1. The highest BCUT2D eigenvalue weighted by molar-refractivity contribution is 7.15. The Kier molecular flexibility index (Phi) is 7.75. The molecule has 10 heteroatoms. The summed E-state index contributed by atoms with van der Waals surface area (Å²) in [5.41, 5.74) is 8.03. The number of alkyl halides is 3. The molecule has 0 aliphatic heterocycles. The standard InChI is InChI=1S/C23H21F3N4OS.H3N/c1-31-13-19-21(16-4-5-17-12-28-9-8-15(17)10-16)32-22(30-19)18(27)6-2-14-3-7-20(29-11-14)23(24,25)26;/h3-5,7-12,18H,2,6,13,27H2,1H3;1H3/t18-;/m0./s1. The SMILES string of the molecule is COCc1nc([C@@H](N)CCc2ccc(C(F)(F)F)nc2)sc1-c1ccc2cnccc2c1.N. The van der Waals surface area contributed by atoms with E-state index in [9.17, 15) is 13.2 Å². The largest absolute Gasteiger partial charge is 0.433 e. The first-order valence-corrected chi connectivity index (χ1v) is 10.8. The Labute approximate surface area is 193 Å². The Morgan fingerprint density at radius 1 is 1.09 bits per heavy atom. The monoisotopic (exact) mass is 475 g/mol. The van der Waals surface area contributed by atoms with E-state index in [-0.39, 0.29) is 12.2 Å². The average molecular weight is 476 g/mol. The molecule has 0 aliphatic carbocycles. The first-order chi connectivity index (χ1) is 15.3. The van der Waals surface area contributed by atoms with Crippen molar-refractivity contribution in [3.8, 4) is 10.4 Å². The molecule has 33 heavy (non-hydrogen) atoms. The number of ether oxygens (including phenoxy) is 1. The zero-order valence-electron chi connectivity index (χ0n) is 18.0. The van der Waals surface area contributed by atoms with E-state index in [2.05, 4.69) is 16.0 Å². The number of benzene rings is 1. The Hall–Kier alpha value is -2.92. The zero-order chi connectivity index (χ0) is 22.7. The number of aromatic nitrogens is 3. The third-order valence-corrected chi connectivity index (χ3v) is 6.35. The highest BCUT2D eigenvalue weighted by Gasteiger charge is 2.32. The number of nitrogens with two attached hydrogens (primary N) is 1. The van der Waals surface area contributed by atoms with Gasteiger partial charge in [-0.3, -0.25) is 9.97 Å². The van der Waals surface area contributed by atoms with E-state index in [1.165, 1.54) is 23.6 Å². The van der Waals surface area contributed by atoms with Crippen molar-refractivity contribution in [2.75, 3.05) is 7.11 Å². The van der Waals surface area contributed by atoms with Crippen LogP contribution in [0.15, 0.2) is 55.0 Å². The molecule has 4 rings (SSSR count). The number of methoxy groups -OCH3 is 1. The number of hydrogen-bond acceptors (Lipinski definition) is 7. The van der Waals surface area contributed by atoms with Crippen LogP contribution >= 0.6 is 11.3 Å². The van der Waals surface area contributed by atoms with Gasteiger partial charge in [0.2, 0.25) is 0 Å². The smallest absolute Gasteiger partial charge is 0.378 e. The summed E-state index contributed by atoms with van der Waals surface area (Å²) in [4.78, 5) is 13.4. The molecule has 6 nitrogen and oxygen atoms in total. The number of fused-ring (bicyclic) bond motifs is 1. The van der Waals surface area contributed by atoms with E-state index in [1.54, 1.807) is 13.3 Å². The maximum absolute atomic E-state index is 12.7. The lowest BCUT2D eigenvalue weighted by molar-refractivity contribution is -0.141. The Bertz CT molecular complexity index is 1210. The van der Waals surface area contributed by atoms with Gasteiger partial charge in [-0.1, -0.05) is 18.2 Å². The molecule has 0 amide bonds. The highest BCUT2D eigenvalue weighted by Crippen LogP contribution is 2.35. The summed E-state index contributed by atoms with van der Waals surface area (Å²) in [6.45, 7) is 0.357. The predicted octanol–water partition coefficient (Wildman–Crippen LogP) is 5.71. The molecule has 0 aliphatic rings. The summed E-state index contributed by atoms with van der Waals surface area (Å²) >= 11 is 1.51. The summed E-state index contributed by atoms with van der Waals surface area (Å²) in [6.07, 6.45) is 1.43. The second-order valence-corrected chi connectivity index (χ2v) is 8.42. The van der Waals surface area contributed by atoms with Gasteiger partial charge in [-0.15, -0.1) is 11.3 Å². The fourth-order valence-electron chi connectivity index (χ4n) is 3.40. The van der Waals surface area contributed by atoms with E-state index in [0.717, 1.165) is 38.0 Å². The fourth-order valence-corrected chi connectivity index (χ4v) is 4.50. The molecule has 174 valence electrons. The van der Waals surface area contributed by atoms with Gasteiger partial charge in [-0.05, 0) is 47.6 Å². The van der Waals surface area contributed by atoms with E-state index in [0.29, 0.717) is 25.0 Å². The molecular weight excluding hydrogens is 451 g/mol. The third kappa shape index (κ3) is 5.72. The van der Waals surface area contributed by atoms with E-state index >= 15 is 0 Å². The lowest BCUT2D eigenvalue weighted by Gasteiger charge is -2.09. The van der Waals surface area contributed by atoms with Crippen molar-refractivity contribution in [3.05, 3.63) is 76.9 Å². The molecule has 1 aromatic carbocycles. The predicted molar refractivity (Wildman–Crippen MR) is 123 cm³/mol. The molecule has 0 fully saturated rings. The minimum atomic E-state index is -4.44. The Morgan fingerprint density at radius 2 is 1.91 bits per heavy atom. The van der Waals surface area contributed by atoms with Crippen LogP contribution in [0.25, 0.3) is 21.2 Å². The summed E-state index contributed by atoms with van der Waals surface area (Å²) in [5, 5.41) is 2.90. The van der Waals surface area contributed by atoms with Gasteiger partial charge in [0.15, 0.2) is 0 Å². The molecule has 0 radical (unpaired) electrons. The number of rotatable bonds is 7. The van der Waals surface area contributed by atoms with Crippen LogP contribution in [0.5, 0.6) is 0 Å². The van der Waals surface area contributed by atoms with Crippen LogP contribution in [-0.4, -0.2) is 22.1 Å². The van der Waals surface area contributed by atoms with Crippen molar-refractivity contribution in [2.45, 2.75) is 31.7 Å². The van der Waals surface area contributed by atoms with Gasteiger partial charge in [0, 0.05) is 31.1 Å². The number of nitrogens with zero attached hydrogens (tertiary/aromatic N) is 3. The molecule has 4 aromatic rings. The number of aryl methyl sites for hydroxylation is 1. The summed E-state index contributed by atoms with van der Waals surface area (Å²) in [6, 6.07) is 10.2. The normalized spacial score (nSPS) is 12.5. The molecule has 0 bridgehead atoms. The van der Waals surface area contributed by atoms with Crippen LogP contribution in [0.2, 0.25) is 0 Å². The molecule has 3 heterocycles. The maximum Gasteiger partial charge on any atom is 0.433 e. The van der Waals surface area contributed by atoms with Crippen LogP contribution in [-0.2, 0) is 23.9 Å². The first-order valence-electron chi connectivity index (χ1n) is 9.95. The number of pyridine rings is 2. The quantitative estimate of drug-likeness (QED) is 0.354. The summed E-state index contributed by atoms with van der Waals surface area (Å²) < 4.78 is 43.4. The molecule has 3 aromatic heterocycles. The van der Waals surface area contributed by atoms with Crippen LogP contribution < -0.4 is 11.9 Å². The van der Waals surface area contributed by atoms with Crippen molar-refractivity contribution < 1.29 is 17.9 Å². The van der Waals surface area contributed by atoms with E-state index in [1.807, 2.05) is 24.4 Å². The minimum Gasteiger partial charge on any atom is -0.378 e. The van der Waals surface area contributed by atoms with Crippen molar-refractivity contribution in [1.82, 2.24) is 21.1 Å². The average Bonchev–Trinajstić information content (AvgIpc) is 3.21. The van der Waals surface area contributed by atoms with E-state index in [4.69, 9.17) is 15.5 Å². The third-order valence-electron chi connectivity index (χ3n) is 5.07. The van der Waals surface area contributed by atoms with Gasteiger partial charge in [-0.25, -0.2) is 4.98 Å². The van der Waals surface area contributed by atoms with Crippen molar-refractivity contribution in [2.24, 2.45) is 5.73 Å². The Morgan fingerprint density at radius 3 is 2.61 bits per heavy atom. The minimum absolute atomic E-state index is 0. The van der Waals surface area contributed by atoms with Crippen LogP contribution in [0.4, 0.5) is 13.2 Å². The maximum atomic E-state index is 12.7. The first kappa shape index (κ1) is 24.7. The van der Waals surface area contributed by atoms with Gasteiger partial charge < -0.3 is 16.6 Å². The fraction of sp³-hybridized carbons (Fsp3) is 0.261. The Balaban J connectivity index is 0.00000306. The summed E-state index contributed by atoms with van der Waals surface area (Å²) in [7, 11) is 1.62. The summed E-state index contributed by atoms with van der Waals surface area (Å²) in [5.74, 6) is 0. The van der Waals surface area contributed by atoms with Crippen molar-refractivity contribution >= 4 is 22.1 Å². The lowest BCUT2D eigenvalue weighted by Crippen LogP contribution is -2.12. The lowest BCUT2D eigenvalue weighted by atomic mass is 10.1. The molecule has 0 saturated carbocycles. The molecule has 5 N–H and O–H groups in total. The van der Waals surface area contributed by atoms with Gasteiger partial charge in [0.25, 0.3) is 0 Å². The van der Waals surface area contributed by atoms with Crippen molar-refractivity contribution in [3.63, 3.8) is 0 Å². The van der Waals surface area contributed by atoms with Gasteiger partial charge in [0.1, 0.15) is 10.7 Å². The van der Waals surface area contributed by atoms with Crippen molar-refractivity contribution in [1.29, 1.82) is 0 Å². The molecule has 0 saturated heterocycles. The second kappa shape index (κ2) is 10.3. The van der Waals surface area contributed by atoms with Gasteiger partial charge >= 0.3 is 6.18 Å². The van der Waals surface area contributed by atoms with Crippen LogP contribution in [0, 0.1) is 0 Å². The van der Waals surface area contributed by atoms with Crippen LogP contribution in [0.3, 0.4) is 0 Å². The van der Waals surface area contributed by atoms with E-state index < -0.39 is 11.9 Å². The zero-order valence-corrected chi connectivity index (χ0v) is 18.8. The van der Waals surface area contributed by atoms with Gasteiger partial charge in [0.05, 0.1) is 23.2 Å². The second-order valence-electron chi connectivity index (χ2n) is 7.39.